The lowest BCUT2D eigenvalue weighted by atomic mass is 10.1. The molecule has 152 valence electrons. The van der Waals surface area contributed by atoms with E-state index >= 15 is 0 Å². The zero-order chi connectivity index (χ0) is 20.5. The molecule has 0 unspecified atom stereocenters. The van der Waals surface area contributed by atoms with Crippen molar-refractivity contribution in [2.45, 2.75) is 18.9 Å². The summed E-state index contributed by atoms with van der Waals surface area (Å²) >= 11 is 0. The Morgan fingerprint density at radius 2 is 2.00 bits per heavy atom. The molecular formula is C21H22N8O. The number of amides is 1. The van der Waals surface area contributed by atoms with Crippen molar-refractivity contribution in [1.82, 2.24) is 34.8 Å². The molecule has 9 nitrogen and oxygen atoms in total. The first-order valence-corrected chi connectivity index (χ1v) is 9.98. The Morgan fingerprint density at radius 1 is 1.13 bits per heavy atom. The molecule has 2 N–H and O–H groups in total. The molecular weight excluding hydrogens is 380 g/mol. The molecule has 0 radical (unpaired) electrons. The lowest BCUT2D eigenvalue weighted by Gasteiger charge is -2.22. The summed E-state index contributed by atoms with van der Waals surface area (Å²) in [6, 6.07) is 6.02. The molecule has 1 saturated heterocycles. The van der Waals surface area contributed by atoms with Gasteiger partial charge >= 0.3 is 0 Å². The Kier molecular flexibility index (Phi) is 4.72. The molecule has 0 saturated carbocycles. The van der Waals surface area contributed by atoms with Crippen molar-refractivity contribution < 1.29 is 4.79 Å². The van der Waals surface area contributed by atoms with Gasteiger partial charge in [0.1, 0.15) is 5.82 Å². The number of carbonyl (C=O) groups is 1. The molecule has 1 aliphatic heterocycles. The fraction of sp³-hybridized carbons (Fsp3) is 0.286. The van der Waals surface area contributed by atoms with Gasteiger partial charge in [-0.2, -0.15) is 10.2 Å². The molecule has 5 rings (SSSR count). The standard InChI is InChI=1S/C21H22N8O/c1-28-12-15(10-24-28)18-3-2-14-9-23-20(8-19(14)26-18)27-21(30)16-11-25-29(13-16)17-4-6-22-7-5-17/h2-3,8-13,17,22H,4-7H2,1H3,(H,23,27,30). The van der Waals surface area contributed by atoms with E-state index in [9.17, 15) is 4.79 Å². The zero-order valence-corrected chi connectivity index (χ0v) is 16.6. The summed E-state index contributed by atoms with van der Waals surface area (Å²) in [5.74, 6) is 0.225. The monoisotopic (exact) mass is 402 g/mol. The fourth-order valence-corrected chi connectivity index (χ4v) is 3.71. The maximum Gasteiger partial charge on any atom is 0.260 e. The smallest absolute Gasteiger partial charge is 0.260 e. The largest absolute Gasteiger partial charge is 0.317 e. The second-order valence-electron chi connectivity index (χ2n) is 7.51. The molecule has 0 atom stereocenters. The third-order valence-corrected chi connectivity index (χ3v) is 5.36. The fourth-order valence-electron chi connectivity index (χ4n) is 3.71. The van der Waals surface area contributed by atoms with Gasteiger partial charge in [-0.3, -0.25) is 14.2 Å². The van der Waals surface area contributed by atoms with Crippen LogP contribution in [-0.2, 0) is 7.05 Å². The SMILES string of the molecule is Cn1cc(-c2ccc3cnc(NC(=O)c4cnn(C5CCNCC5)c4)cc3n2)cn1. The van der Waals surface area contributed by atoms with Gasteiger partial charge in [-0.1, -0.05) is 0 Å². The third-order valence-electron chi connectivity index (χ3n) is 5.36. The summed E-state index contributed by atoms with van der Waals surface area (Å²) in [6.07, 6.45) is 10.8. The summed E-state index contributed by atoms with van der Waals surface area (Å²) in [5, 5.41) is 15.7. The Bertz CT molecular complexity index is 1200. The molecule has 1 amide bonds. The van der Waals surface area contributed by atoms with Crippen molar-refractivity contribution in [2.75, 3.05) is 18.4 Å². The average molecular weight is 402 g/mol. The normalized spacial score (nSPS) is 14.8. The number of nitrogens with zero attached hydrogens (tertiary/aromatic N) is 6. The van der Waals surface area contributed by atoms with E-state index in [0.29, 0.717) is 17.4 Å². The predicted molar refractivity (Wildman–Crippen MR) is 113 cm³/mol. The zero-order valence-electron chi connectivity index (χ0n) is 16.6. The van der Waals surface area contributed by atoms with Crippen LogP contribution in [0.15, 0.2) is 49.2 Å². The van der Waals surface area contributed by atoms with Gasteiger partial charge in [-0.15, -0.1) is 0 Å². The minimum atomic E-state index is -0.231. The van der Waals surface area contributed by atoms with E-state index in [1.54, 1.807) is 29.3 Å². The minimum Gasteiger partial charge on any atom is -0.317 e. The Labute approximate surface area is 173 Å². The summed E-state index contributed by atoms with van der Waals surface area (Å²) in [4.78, 5) is 21.7. The van der Waals surface area contributed by atoms with Gasteiger partial charge in [0.05, 0.1) is 35.2 Å². The maximum atomic E-state index is 12.7. The molecule has 30 heavy (non-hydrogen) atoms. The Morgan fingerprint density at radius 3 is 2.80 bits per heavy atom. The van der Waals surface area contributed by atoms with Crippen LogP contribution in [0.5, 0.6) is 0 Å². The average Bonchev–Trinajstić information content (AvgIpc) is 3.43. The minimum absolute atomic E-state index is 0.231. The van der Waals surface area contributed by atoms with Crippen LogP contribution in [-0.4, -0.2) is 48.5 Å². The van der Waals surface area contributed by atoms with Crippen LogP contribution >= 0.6 is 0 Å². The van der Waals surface area contributed by atoms with Crippen LogP contribution < -0.4 is 10.6 Å². The van der Waals surface area contributed by atoms with E-state index in [2.05, 4.69) is 25.8 Å². The van der Waals surface area contributed by atoms with E-state index in [-0.39, 0.29) is 5.91 Å². The number of nitrogens with one attached hydrogen (secondary N) is 2. The van der Waals surface area contributed by atoms with E-state index in [4.69, 9.17) is 4.98 Å². The van der Waals surface area contributed by atoms with Crippen molar-refractivity contribution in [3.63, 3.8) is 0 Å². The summed E-state index contributed by atoms with van der Waals surface area (Å²) in [5.41, 5.74) is 3.04. The van der Waals surface area contributed by atoms with E-state index in [0.717, 1.165) is 48.1 Å². The number of hydrogen-bond donors (Lipinski definition) is 2. The summed E-state index contributed by atoms with van der Waals surface area (Å²) < 4.78 is 3.63. The van der Waals surface area contributed by atoms with Crippen LogP contribution in [0, 0.1) is 0 Å². The molecule has 9 heteroatoms. The van der Waals surface area contributed by atoms with Crippen molar-refractivity contribution in [3.8, 4) is 11.3 Å². The first kappa shape index (κ1) is 18.4. The highest BCUT2D eigenvalue weighted by atomic mass is 16.1. The van der Waals surface area contributed by atoms with E-state index < -0.39 is 0 Å². The predicted octanol–water partition coefficient (Wildman–Crippen LogP) is 2.40. The molecule has 5 heterocycles. The maximum absolute atomic E-state index is 12.7. The van der Waals surface area contributed by atoms with Gasteiger partial charge in [0.15, 0.2) is 0 Å². The van der Waals surface area contributed by atoms with Crippen molar-refractivity contribution in [1.29, 1.82) is 0 Å². The van der Waals surface area contributed by atoms with Gasteiger partial charge in [0.25, 0.3) is 5.91 Å². The number of piperidine rings is 1. The highest BCUT2D eigenvalue weighted by Crippen LogP contribution is 2.22. The number of rotatable bonds is 4. The molecule has 0 aromatic carbocycles. The summed E-state index contributed by atoms with van der Waals surface area (Å²) in [7, 11) is 1.87. The molecule has 1 fully saturated rings. The molecule has 0 bridgehead atoms. The van der Waals surface area contributed by atoms with Crippen molar-refractivity contribution in [2.24, 2.45) is 7.05 Å². The van der Waals surface area contributed by atoms with Gasteiger partial charge in [-0.25, -0.2) is 9.97 Å². The molecule has 4 aromatic heterocycles. The molecule has 0 aliphatic carbocycles. The lowest BCUT2D eigenvalue weighted by molar-refractivity contribution is 0.102. The number of anilines is 1. The van der Waals surface area contributed by atoms with Crippen LogP contribution in [0.2, 0.25) is 0 Å². The quantitative estimate of drug-likeness (QED) is 0.543. The topological polar surface area (TPSA) is 103 Å². The number of fused-ring (bicyclic) bond motifs is 1. The number of aryl methyl sites for hydroxylation is 1. The van der Waals surface area contributed by atoms with Crippen molar-refractivity contribution in [3.05, 3.63) is 54.7 Å². The highest BCUT2D eigenvalue weighted by molar-refractivity contribution is 6.04. The molecule has 0 spiro atoms. The second-order valence-corrected chi connectivity index (χ2v) is 7.51. The van der Waals surface area contributed by atoms with Crippen LogP contribution in [0.1, 0.15) is 29.2 Å². The Hall–Kier alpha value is -3.59. The number of aromatic nitrogens is 6. The van der Waals surface area contributed by atoms with E-state index in [1.165, 1.54) is 0 Å². The number of pyridine rings is 2. The third kappa shape index (κ3) is 3.67. The van der Waals surface area contributed by atoms with Gasteiger partial charge in [0, 0.05) is 42.7 Å². The van der Waals surface area contributed by atoms with Crippen LogP contribution in [0.25, 0.3) is 22.2 Å². The van der Waals surface area contributed by atoms with Gasteiger partial charge in [-0.05, 0) is 38.1 Å². The van der Waals surface area contributed by atoms with Crippen LogP contribution in [0.4, 0.5) is 5.82 Å². The van der Waals surface area contributed by atoms with E-state index in [1.807, 2.05) is 36.3 Å². The van der Waals surface area contributed by atoms with Gasteiger partial charge < -0.3 is 10.6 Å². The molecule has 4 aromatic rings. The van der Waals surface area contributed by atoms with Crippen LogP contribution in [0.3, 0.4) is 0 Å². The summed E-state index contributed by atoms with van der Waals surface area (Å²) in [6.45, 7) is 1.95. The van der Waals surface area contributed by atoms with Crippen molar-refractivity contribution >= 4 is 22.6 Å². The van der Waals surface area contributed by atoms with Gasteiger partial charge in [0.2, 0.25) is 0 Å². The number of carbonyl (C=O) groups excluding carboxylic acids is 1. The lowest BCUT2D eigenvalue weighted by Crippen LogP contribution is -2.29. The first-order chi connectivity index (χ1) is 14.7. The Balaban J connectivity index is 1.35. The first-order valence-electron chi connectivity index (χ1n) is 9.98. The second kappa shape index (κ2) is 7.68. The number of hydrogen-bond acceptors (Lipinski definition) is 6. The highest BCUT2D eigenvalue weighted by Gasteiger charge is 2.18. The molecule has 1 aliphatic rings.